The van der Waals surface area contributed by atoms with Crippen LogP contribution >= 0.6 is 24.2 Å². The number of benzene rings is 1. The van der Waals surface area contributed by atoms with E-state index in [9.17, 15) is 9.59 Å². The maximum Gasteiger partial charge on any atom is 0.233 e. The number of piperidine rings is 1. The highest BCUT2D eigenvalue weighted by Gasteiger charge is 2.34. The third-order valence-corrected chi connectivity index (χ3v) is 5.79. The van der Waals surface area contributed by atoms with E-state index >= 15 is 0 Å². The van der Waals surface area contributed by atoms with E-state index in [0.29, 0.717) is 18.1 Å². The molecule has 0 radical (unpaired) electrons. The summed E-state index contributed by atoms with van der Waals surface area (Å²) in [5.41, 5.74) is 0.772. The van der Waals surface area contributed by atoms with Crippen LogP contribution in [0.3, 0.4) is 0 Å². The molecule has 2 amide bonds. The number of nitrogens with one attached hydrogen (secondary N) is 3. The van der Waals surface area contributed by atoms with Crippen LogP contribution in [0.5, 0.6) is 0 Å². The quantitative estimate of drug-likeness (QED) is 0.684. The molecule has 2 bridgehead atoms. The fraction of sp³-hybridized carbons (Fsp3) is 0.556. The van der Waals surface area contributed by atoms with Crippen LogP contribution in [-0.4, -0.2) is 35.2 Å². The van der Waals surface area contributed by atoms with Gasteiger partial charge < -0.3 is 16.0 Å². The summed E-state index contributed by atoms with van der Waals surface area (Å²) in [4.78, 5) is 24.5. The lowest BCUT2D eigenvalue weighted by Crippen LogP contribution is -2.49. The largest absolute Gasteiger partial charge is 0.352 e. The monoisotopic (exact) mass is 383 g/mol. The average molecular weight is 384 g/mol. The van der Waals surface area contributed by atoms with E-state index in [1.54, 1.807) is 11.8 Å². The Kier molecular flexibility index (Phi) is 7.16. The lowest BCUT2D eigenvalue weighted by Gasteiger charge is -2.30. The Balaban J connectivity index is 0.00000225. The topological polar surface area (TPSA) is 70.2 Å². The van der Waals surface area contributed by atoms with Crippen LogP contribution in [0.2, 0.25) is 0 Å². The van der Waals surface area contributed by atoms with Crippen LogP contribution in [0.15, 0.2) is 29.2 Å². The summed E-state index contributed by atoms with van der Waals surface area (Å²) in [6, 6.07) is 9.06. The number of halogens is 1. The number of hydrogen-bond donors (Lipinski definition) is 3. The molecular formula is C18H26ClN3O2S. The van der Waals surface area contributed by atoms with E-state index in [-0.39, 0.29) is 29.5 Å². The molecule has 1 aromatic carbocycles. The molecule has 0 saturated carbocycles. The van der Waals surface area contributed by atoms with E-state index < -0.39 is 0 Å². The van der Waals surface area contributed by atoms with Crippen molar-refractivity contribution in [2.24, 2.45) is 0 Å². The second kappa shape index (κ2) is 8.92. The highest BCUT2D eigenvalue weighted by molar-refractivity contribution is 8.00. The molecule has 2 saturated heterocycles. The maximum atomic E-state index is 12.5. The van der Waals surface area contributed by atoms with Crippen molar-refractivity contribution in [1.29, 1.82) is 0 Å². The third kappa shape index (κ3) is 5.62. The van der Waals surface area contributed by atoms with Crippen molar-refractivity contribution in [3.05, 3.63) is 24.3 Å². The molecule has 0 aliphatic carbocycles. The Morgan fingerprint density at radius 1 is 1.16 bits per heavy atom. The summed E-state index contributed by atoms with van der Waals surface area (Å²) >= 11 is 1.54. The number of carbonyl (C=O) groups excluding carboxylic acids is 2. The van der Waals surface area contributed by atoms with E-state index in [2.05, 4.69) is 16.0 Å². The Bertz CT molecular complexity index is 599. The van der Waals surface area contributed by atoms with Gasteiger partial charge in [-0.05, 0) is 56.9 Å². The lowest BCUT2D eigenvalue weighted by atomic mass is 10.00. The number of amides is 2. The van der Waals surface area contributed by atoms with Gasteiger partial charge in [0.2, 0.25) is 11.8 Å². The van der Waals surface area contributed by atoms with Crippen molar-refractivity contribution in [3.8, 4) is 0 Å². The van der Waals surface area contributed by atoms with Gasteiger partial charge in [0, 0.05) is 35.6 Å². The van der Waals surface area contributed by atoms with Gasteiger partial charge in [0.25, 0.3) is 0 Å². The Labute approximate surface area is 159 Å². The number of rotatable bonds is 5. The zero-order chi connectivity index (χ0) is 17.1. The normalized spacial score (nSPS) is 25.6. The Hall–Kier alpha value is -1.24. The van der Waals surface area contributed by atoms with E-state index in [4.69, 9.17) is 0 Å². The minimum absolute atomic E-state index is 0. The minimum Gasteiger partial charge on any atom is -0.352 e. The van der Waals surface area contributed by atoms with Crippen molar-refractivity contribution in [3.63, 3.8) is 0 Å². The molecule has 3 unspecified atom stereocenters. The van der Waals surface area contributed by atoms with Crippen LogP contribution in [0, 0.1) is 0 Å². The summed E-state index contributed by atoms with van der Waals surface area (Å²) < 4.78 is 0. The number of thioether (sulfide) groups is 1. The number of anilines is 1. The lowest BCUT2D eigenvalue weighted by molar-refractivity contribution is -0.121. The van der Waals surface area contributed by atoms with Crippen molar-refractivity contribution in [2.75, 3.05) is 5.32 Å². The van der Waals surface area contributed by atoms with E-state index in [0.717, 1.165) is 23.4 Å². The van der Waals surface area contributed by atoms with Crippen molar-refractivity contribution < 1.29 is 9.59 Å². The molecule has 1 aromatic rings. The summed E-state index contributed by atoms with van der Waals surface area (Å²) in [5.74, 6) is 0.0244. The first kappa shape index (κ1) is 20.1. The van der Waals surface area contributed by atoms with Gasteiger partial charge in [0.1, 0.15) is 0 Å². The molecule has 3 N–H and O–H groups in total. The summed E-state index contributed by atoms with van der Waals surface area (Å²) in [6.07, 6.45) is 4.57. The number of fused-ring (bicyclic) bond motifs is 2. The molecule has 2 heterocycles. The summed E-state index contributed by atoms with van der Waals surface area (Å²) in [5, 5.41) is 9.42. The summed E-state index contributed by atoms with van der Waals surface area (Å²) in [7, 11) is 0. The van der Waals surface area contributed by atoms with Crippen LogP contribution in [-0.2, 0) is 9.59 Å². The number of carbonyl (C=O) groups is 2. The Morgan fingerprint density at radius 3 is 2.32 bits per heavy atom. The van der Waals surface area contributed by atoms with Crippen molar-refractivity contribution in [2.45, 2.75) is 67.8 Å². The van der Waals surface area contributed by atoms with E-state index in [1.807, 2.05) is 31.2 Å². The van der Waals surface area contributed by atoms with Crippen LogP contribution in [0.4, 0.5) is 5.69 Å². The van der Waals surface area contributed by atoms with Crippen LogP contribution in [0.1, 0.15) is 39.5 Å². The second-order valence-corrected chi connectivity index (χ2v) is 8.19. The second-order valence-electron chi connectivity index (χ2n) is 6.78. The summed E-state index contributed by atoms with van der Waals surface area (Å²) in [6.45, 7) is 3.43. The first-order valence-corrected chi connectivity index (χ1v) is 9.48. The maximum absolute atomic E-state index is 12.5. The zero-order valence-electron chi connectivity index (χ0n) is 14.6. The van der Waals surface area contributed by atoms with E-state index in [1.165, 1.54) is 19.8 Å². The van der Waals surface area contributed by atoms with Gasteiger partial charge in [-0.25, -0.2) is 0 Å². The molecule has 7 heteroatoms. The molecular weight excluding hydrogens is 358 g/mol. The molecule has 2 aliphatic rings. The first-order chi connectivity index (χ1) is 11.5. The average Bonchev–Trinajstić information content (AvgIpc) is 2.87. The fourth-order valence-electron chi connectivity index (χ4n) is 3.57. The van der Waals surface area contributed by atoms with Crippen molar-refractivity contribution >= 4 is 41.7 Å². The molecule has 2 aliphatic heterocycles. The highest BCUT2D eigenvalue weighted by Crippen LogP contribution is 2.28. The Morgan fingerprint density at radius 2 is 1.76 bits per heavy atom. The molecule has 2 fully saturated rings. The van der Waals surface area contributed by atoms with Gasteiger partial charge in [-0.15, -0.1) is 24.2 Å². The van der Waals surface area contributed by atoms with Gasteiger partial charge in [0.05, 0.1) is 5.25 Å². The highest BCUT2D eigenvalue weighted by atomic mass is 35.5. The van der Waals surface area contributed by atoms with Gasteiger partial charge in [-0.3, -0.25) is 9.59 Å². The molecule has 25 heavy (non-hydrogen) atoms. The SMILES string of the molecule is CC(=O)Nc1ccc(SC(C)C(=O)NC2CC3CCC(C2)N3)cc1.Cl. The molecule has 5 nitrogen and oxygen atoms in total. The standard InChI is InChI=1S/C18H25N3O2S.ClH/c1-11(24-17-7-5-13(6-8-17)19-12(2)22)18(23)21-16-9-14-3-4-15(10-16)20-14;/h5-8,11,14-16,20H,3-4,9-10H2,1-2H3,(H,19,22)(H,21,23);1H. The number of hydrogen-bond acceptors (Lipinski definition) is 4. The van der Waals surface area contributed by atoms with Gasteiger partial charge in [0.15, 0.2) is 0 Å². The predicted molar refractivity (Wildman–Crippen MR) is 104 cm³/mol. The van der Waals surface area contributed by atoms with Gasteiger partial charge in [-0.2, -0.15) is 0 Å². The first-order valence-electron chi connectivity index (χ1n) is 8.60. The van der Waals surface area contributed by atoms with Crippen LogP contribution in [0.25, 0.3) is 0 Å². The predicted octanol–water partition coefficient (Wildman–Crippen LogP) is 2.95. The molecule has 3 rings (SSSR count). The fourth-order valence-corrected chi connectivity index (χ4v) is 4.45. The van der Waals surface area contributed by atoms with Crippen LogP contribution < -0.4 is 16.0 Å². The third-order valence-electron chi connectivity index (χ3n) is 4.68. The molecule has 0 spiro atoms. The van der Waals surface area contributed by atoms with Gasteiger partial charge in [-0.1, -0.05) is 0 Å². The van der Waals surface area contributed by atoms with Crippen molar-refractivity contribution in [1.82, 2.24) is 10.6 Å². The molecule has 0 aromatic heterocycles. The zero-order valence-corrected chi connectivity index (χ0v) is 16.2. The smallest absolute Gasteiger partial charge is 0.233 e. The van der Waals surface area contributed by atoms with Gasteiger partial charge >= 0.3 is 0 Å². The minimum atomic E-state index is -0.135. The molecule has 138 valence electrons. The molecule has 3 atom stereocenters.